The van der Waals surface area contributed by atoms with Gasteiger partial charge in [-0.1, -0.05) is 49.7 Å². The van der Waals surface area contributed by atoms with Crippen LogP contribution in [0.5, 0.6) is 0 Å². The molecule has 0 unspecified atom stereocenters. The zero-order valence-corrected chi connectivity index (χ0v) is 16.8. The van der Waals surface area contributed by atoms with E-state index in [0.717, 1.165) is 24.1 Å². The average molecular weight is 354 g/mol. The molecule has 26 heavy (non-hydrogen) atoms. The Morgan fingerprint density at radius 3 is 2.04 bits per heavy atom. The monoisotopic (exact) mass is 353 g/mol. The topological polar surface area (TPSA) is 38.3 Å². The lowest BCUT2D eigenvalue weighted by Crippen LogP contribution is -2.10. The highest BCUT2D eigenvalue weighted by Crippen LogP contribution is 2.14. The summed E-state index contributed by atoms with van der Waals surface area (Å²) in [5.41, 5.74) is 5.87. The molecule has 2 rings (SSSR count). The van der Waals surface area contributed by atoms with E-state index in [0.29, 0.717) is 0 Å². The Morgan fingerprint density at radius 2 is 1.62 bits per heavy atom. The summed E-state index contributed by atoms with van der Waals surface area (Å²) in [7, 11) is 1.34. The lowest BCUT2D eigenvalue weighted by molar-refractivity contribution is 0.187. The predicted molar refractivity (Wildman–Crippen MR) is 112 cm³/mol. The van der Waals surface area contributed by atoms with Gasteiger partial charge in [0.25, 0.3) is 0 Å². The van der Waals surface area contributed by atoms with Crippen molar-refractivity contribution in [2.75, 3.05) is 12.4 Å². The van der Waals surface area contributed by atoms with Gasteiger partial charge in [0.2, 0.25) is 0 Å². The number of benzene rings is 2. The number of rotatable bonds is 2. The van der Waals surface area contributed by atoms with E-state index in [4.69, 9.17) is 6.42 Å². The van der Waals surface area contributed by atoms with Gasteiger partial charge in [-0.05, 0) is 56.0 Å². The highest BCUT2D eigenvalue weighted by molar-refractivity contribution is 5.84. The zero-order chi connectivity index (χ0) is 19.9. The number of carbonyl (C=O) groups is 1. The van der Waals surface area contributed by atoms with E-state index in [1.807, 2.05) is 39.0 Å². The van der Waals surface area contributed by atoms with Gasteiger partial charge in [0.05, 0.1) is 7.11 Å². The molecule has 0 aliphatic carbocycles. The largest absolute Gasteiger partial charge is 0.453 e. The minimum atomic E-state index is -0.441. The maximum absolute atomic E-state index is 10.8. The van der Waals surface area contributed by atoms with Crippen molar-refractivity contribution in [1.82, 2.24) is 0 Å². The Balaban J connectivity index is 0.000000416. The third-order valence-electron chi connectivity index (χ3n) is 3.67. The molecule has 2 aromatic rings. The lowest BCUT2D eigenvalue weighted by atomic mass is 10.1. The molecule has 0 spiro atoms. The predicted octanol–water partition coefficient (Wildman–Crippen LogP) is 6.07. The minimum Gasteiger partial charge on any atom is -0.453 e. The number of terminal acetylenes is 1. The fourth-order valence-corrected chi connectivity index (χ4v) is 1.81. The summed E-state index contributed by atoms with van der Waals surface area (Å²) in [6.07, 6.45) is 6.32. The summed E-state index contributed by atoms with van der Waals surface area (Å²) in [5, 5.41) is 2.60. The van der Waals surface area contributed by atoms with Gasteiger partial charge in [0, 0.05) is 12.1 Å². The molecular formula is C23H31NO2. The third-order valence-corrected chi connectivity index (χ3v) is 3.67. The smallest absolute Gasteiger partial charge is 0.411 e. The quantitative estimate of drug-likeness (QED) is 0.666. The fourth-order valence-electron chi connectivity index (χ4n) is 1.81. The number of amides is 1. The molecule has 3 nitrogen and oxygen atoms in total. The molecule has 0 heterocycles. The van der Waals surface area contributed by atoms with Crippen LogP contribution in [0.25, 0.3) is 0 Å². The summed E-state index contributed by atoms with van der Waals surface area (Å²) < 4.78 is 4.47. The zero-order valence-electron chi connectivity index (χ0n) is 16.8. The van der Waals surface area contributed by atoms with Gasteiger partial charge >= 0.3 is 6.09 Å². The number of carbonyl (C=O) groups excluding carboxylic acids is 1. The van der Waals surface area contributed by atoms with Gasteiger partial charge < -0.3 is 4.74 Å². The van der Waals surface area contributed by atoms with Crippen molar-refractivity contribution in [2.24, 2.45) is 0 Å². The number of hydrogen-bond donors (Lipinski definition) is 1. The van der Waals surface area contributed by atoms with Crippen LogP contribution in [0.15, 0.2) is 42.5 Å². The summed E-state index contributed by atoms with van der Waals surface area (Å²) in [6.45, 7) is 10.2. The van der Waals surface area contributed by atoms with Crippen molar-refractivity contribution < 1.29 is 9.53 Å². The van der Waals surface area contributed by atoms with Crippen molar-refractivity contribution in [3.63, 3.8) is 0 Å². The Bertz CT molecular complexity index is 697. The summed E-state index contributed by atoms with van der Waals surface area (Å²) in [6, 6.07) is 14.4. The number of hydrogen-bond acceptors (Lipinski definition) is 2. The molecule has 0 fully saturated rings. The van der Waals surface area contributed by atoms with E-state index in [2.05, 4.69) is 54.1 Å². The molecule has 0 radical (unpaired) electrons. The number of anilines is 1. The van der Waals surface area contributed by atoms with Gasteiger partial charge in [0.1, 0.15) is 0 Å². The van der Waals surface area contributed by atoms with Crippen LogP contribution >= 0.6 is 0 Å². The van der Waals surface area contributed by atoms with Crippen molar-refractivity contribution in [2.45, 2.75) is 47.5 Å². The maximum atomic E-state index is 10.8. The van der Waals surface area contributed by atoms with Crippen molar-refractivity contribution in [3.05, 3.63) is 64.7 Å². The minimum absolute atomic E-state index is 0.441. The second-order valence-electron chi connectivity index (χ2n) is 5.81. The number of aryl methyl sites for hydroxylation is 4. The van der Waals surface area contributed by atoms with E-state index in [1.54, 1.807) is 0 Å². The first-order valence-electron chi connectivity index (χ1n) is 8.79. The number of ether oxygens (including phenoxy) is 1. The first-order chi connectivity index (χ1) is 12.4. The SMILES string of the molecule is C#CCC.CCc1ccc(C)cc1.COC(=O)Nc1ccc(C)c(C)c1. The lowest BCUT2D eigenvalue weighted by Gasteiger charge is -2.05. The van der Waals surface area contributed by atoms with Gasteiger partial charge in [-0.25, -0.2) is 4.79 Å². The molecule has 1 N–H and O–H groups in total. The molecular weight excluding hydrogens is 322 g/mol. The van der Waals surface area contributed by atoms with Crippen molar-refractivity contribution in [3.8, 4) is 12.3 Å². The molecule has 0 aliphatic rings. The van der Waals surface area contributed by atoms with Crippen LogP contribution in [0.2, 0.25) is 0 Å². The molecule has 0 atom stereocenters. The number of nitrogens with one attached hydrogen (secondary N) is 1. The van der Waals surface area contributed by atoms with Crippen LogP contribution in [0.3, 0.4) is 0 Å². The highest BCUT2D eigenvalue weighted by atomic mass is 16.5. The molecule has 1 amide bonds. The standard InChI is InChI=1S/C10H13NO2.C9H12.C4H6/c1-7-4-5-9(6-8(7)2)11-10(12)13-3;1-3-9-6-4-8(2)5-7-9;1-3-4-2/h4-6H,1-3H3,(H,11,12);4-7H,3H2,1-2H3;1H,4H2,2H3. The fraction of sp³-hybridized carbons (Fsp3) is 0.348. The van der Waals surface area contributed by atoms with Crippen LogP contribution < -0.4 is 5.32 Å². The highest BCUT2D eigenvalue weighted by Gasteiger charge is 2.00. The van der Waals surface area contributed by atoms with Crippen LogP contribution in [0.4, 0.5) is 10.5 Å². The Kier molecular flexibility index (Phi) is 12.1. The Labute approximate surface area is 158 Å². The molecule has 0 aliphatic heterocycles. The normalized spacial score (nSPS) is 8.81. The number of methoxy groups -OCH3 is 1. The Hall–Kier alpha value is -2.73. The maximum Gasteiger partial charge on any atom is 0.411 e. The van der Waals surface area contributed by atoms with Gasteiger partial charge in [-0.15, -0.1) is 12.3 Å². The van der Waals surface area contributed by atoms with E-state index in [-0.39, 0.29) is 0 Å². The molecule has 0 aromatic heterocycles. The summed E-state index contributed by atoms with van der Waals surface area (Å²) >= 11 is 0. The first kappa shape index (κ1) is 23.3. The molecule has 140 valence electrons. The third kappa shape index (κ3) is 10.2. The molecule has 0 saturated carbocycles. The summed E-state index contributed by atoms with van der Waals surface area (Å²) in [5.74, 6) is 2.43. The van der Waals surface area contributed by atoms with Gasteiger partial charge in [-0.2, -0.15) is 0 Å². The first-order valence-corrected chi connectivity index (χ1v) is 8.79. The van der Waals surface area contributed by atoms with Crippen LogP contribution in [-0.4, -0.2) is 13.2 Å². The van der Waals surface area contributed by atoms with E-state index < -0.39 is 6.09 Å². The Morgan fingerprint density at radius 1 is 1.04 bits per heavy atom. The van der Waals surface area contributed by atoms with Crippen molar-refractivity contribution >= 4 is 11.8 Å². The molecule has 0 bridgehead atoms. The second kappa shape index (κ2) is 13.5. The van der Waals surface area contributed by atoms with E-state index >= 15 is 0 Å². The van der Waals surface area contributed by atoms with Crippen molar-refractivity contribution in [1.29, 1.82) is 0 Å². The molecule has 3 heteroatoms. The van der Waals surface area contributed by atoms with Crippen LogP contribution in [0.1, 0.15) is 42.5 Å². The van der Waals surface area contributed by atoms with Crippen LogP contribution in [0, 0.1) is 33.1 Å². The van der Waals surface area contributed by atoms with Gasteiger partial charge in [-0.3, -0.25) is 5.32 Å². The molecule has 0 saturated heterocycles. The second-order valence-corrected chi connectivity index (χ2v) is 5.81. The molecule has 2 aromatic carbocycles. The van der Waals surface area contributed by atoms with E-state index in [9.17, 15) is 4.79 Å². The average Bonchev–Trinajstić information content (AvgIpc) is 2.66. The van der Waals surface area contributed by atoms with Crippen LogP contribution in [-0.2, 0) is 11.2 Å². The van der Waals surface area contributed by atoms with E-state index in [1.165, 1.54) is 23.8 Å². The summed E-state index contributed by atoms with van der Waals surface area (Å²) in [4.78, 5) is 10.8. The van der Waals surface area contributed by atoms with Gasteiger partial charge in [0.15, 0.2) is 0 Å².